The standard InChI is InChI=1S/C21H21N3O5/c1-26-16-10-7-14(12-18(16)27-2)19-23-21(29-24-19)13-5-8-15(9-6-13)22-20(25)17-4-3-11-28-17/h5-10,12,17H,3-4,11H2,1-2H3,(H,22,25). The number of anilines is 1. The van der Waals surface area contributed by atoms with Gasteiger partial charge < -0.3 is 24.1 Å². The van der Waals surface area contributed by atoms with Crippen LogP contribution in [0.5, 0.6) is 11.5 Å². The third-order valence-electron chi connectivity index (χ3n) is 4.69. The van der Waals surface area contributed by atoms with Gasteiger partial charge in [-0.1, -0.05) is 5.16 Å². The highest BCUT2D eigenvalue weighted by Crippen LogP contribution is 2.32. The van der Waals surface area contributed by atoms with Crippen molar-refractivity contribution < 1.29 is 23.5 Å². The summed E-state index contributed by atoms with van der Waals surface area (Å²) in [6.07, 6.45) is 1.30. The Labute approximate surface area is 167 Å². The van der Waals surface area contributed by atoms with Gasteiger partial charge in [-0.15, -0.1) is 0 Å². The molecule has 0 radical (unpaired) electrons. The van der Waals surface area contributed by atoms with E-state index in [2.05, 4.69) is 15.5 Å². The van der Waals surface area contributed by atoms with Gasteiger partial charge in [-0.05, 0) is 55.3 Å². The highest BCUT2D eigenvalue weighted by Gasteiger charge is 2.23. The molecule has 1 amide bonds. The smallest absolute Gasteiger partial charge is 0.258 e. The van der Waals surface area contributed by atoms with Crippen LogP contribution in [0.1, 0.15) is 12.8 Å². The summed E-state index contributed by atoms with van der Waals surface area (Å²) in [5.74, 6) is 1.91. The van der Waals surface area contributed by atoms with Gasteiger partial charge in [-0.2, -0.15) is 4.98 Å². The lowest BCUT2D eigenvalue weighted by Gasteiger charge is -2.10. The molecule has 0 spiro atoms. The summed E-state index contributed by atoms with van der Waals surface area (Å²) in [5, 5.41) is 6.91. The fourth-order valence-electron chi connectivity index (χ4n) is 3.14. The summed E-state index contributed by atoms with van der Waals surface area (Å²) >= 11 is 0. The first-order valence-electron chi connectivity index (χ1n) is 9.27. The van der Waals surface area contributed by atoms with E-state index in [4.69, 9.17) is 18.7 Å². The van der Waals surface area contributed by atoms with Crippen LogP contribution >= 0.6 is 0 Å². The van der Waals surface area contributed by atoms with Crippen LogP contribution in [0.25, 0.3) is 22.8 Å². The fourth-order valence-corrected chi connectivity index (χ4v) is 3.14. The number of rotatable bonds is 6. The predicted molar refractivity (Wildman–Crippen MR) is 106 cm³/mol. The number of aromatic nitrogens is 2. The number of hydrogen-bond acceptors (Lipinski definition) is 7. The summed E-state index contributed by atoms with van der Waals surface area (Å²) in [7, 11) is 3.15. The second-order valence-corrected chi connectivity index (χ2v) is 6.56. The van der Waals surface area contributed by atoms with E-state index in [1.165, 1.54) is 0 Å². The third kappa shape index (κ3) is 4.07. The van der Waals surface area contributed by atoms with E-state index < -0.39 is 0 Å². The minimum absolute atomic E-state index is 0.122. The van der Waals surface area contributed by atoms with Crippen molar-refractivity contribution in [2.24, 2.45) is 0 Å². The van der Waals surface area contributed by atoms with Crippen molar-refractivity contribution in [3.8, 4) is 34.3 Å². The average Bonchev–Trinajstić information content (AvgIpc) is 3.46. The number of hydrogen-bond donors (Lipinski definition) is 1. The molecule has 2 aromatic carbocycles. The van der Waals surface area contributed by atoms with Crippen LogP contribution in [0.3, 0.4) is 0 Å². The lowest BCUT2D eigenvalue weighted by molar-refractivity contribution is -0.124. The van der Waals surface area contributed by atoms with Crippen LogP contribution in [0.15, 0.2) is 47.0 Å². The Balaban J connectivity index is 1.48. The van der Waals surface area contributed by atoms with E-state index in [0.29, 0.717) is 35.5 Å². The SMILES string of the molecule is COc1ccc(-c2noc(-c3ccc(NC(=O)C4CCCO4)cc3)n2)cc1OC. The topological polar surface area (TPSA) is 95.7 Å². The normalized spacial score (nSPS) is 15.9. The largest absolute Gasteiger partial charge is 0.493 e. The molecule has 1 atom stereocenters. The molecule has 0 bridgehead atoms. The quantitative estimate of drug-likeness (QED) is 0.682. The molecule has 1 unspecified atom stereocenters. The van der Waals surface area contributed by atoms with Gasteiger partial charge in [0.25, 0.3) is 11.8 Å². The van der Waals surface area contributed by atoms with Crippen LogP contribution in [-0.2, 0) is 9.53 Å². The van der Waals surface area contributed by atoms with Crippen molar-refractivity contribution in [3.05, 3.63) is 42.5 Å². The van der Waals surface area contributed by atoms with Gasteiger partial charge in [-0.3, -0.25) is 4.79 Å². The number of nitrogens with one attached hydrogen (secondary N) is 1. The van der Waals surface area contributed by atoms with Crippen molar-refractivity contribution >= 4 is 11.6 Å². The maximum Gasteiger partial charge on any atom is 0.258 e. The maximum absolute atomic E-state index is 12.1. The minimum Gasteiger partial charge on any atom is -0.493 e. The number of carbonyl (C=O) groups is 1. The highest BCUT2D eigenvalue weighted by molar-refractivity contribution is 5.94. The molecule has 8 nitrogen and oxygen atoms in total. The van der Waals surface area contributed by atoms with Crippen LogP contribution < -0.4 is 14.8 Å². The molecule has 1 saturated heterocycles. The zero-order valence-electron chi connectivity index (χ0n) is 16.2. The second-order valence-electron chi connectivity index (χ2n) is 6.56. The third-order valence-corrected chi connectivity index (χ3v) is 4.69. The van der Waals surface area contributed by atoms with Crippen LogP contribution in [0.2, 0.25) is 0 Å². The van der Waals surface area contributed by atoms with E-state index in [1.807, 2.05) is 18.2 Å². The number of methoxy groups -OCH3 is 2. The molecular weight excluding hydrogens is 374 g/mol. The summed E-state index contributed by atoms with van der Waals surface area (Å²) in [5.41, 5.74) is 2.19. The first-order valence-corrected chi connectivity index (χ1v) is 9.27. The molecule has 0 aliphatic carbocycles. The van der Waals surface area contributed by atoms with Gasteiger partial charge in [0.1, 0.15) is 6.10 Å². The molecule has 29 heavy (non-hydrogen) atoms. The molecule has 1 fully saturated rings. The Hall–Kier alpha value is -3.39. The molecule has 1 N–H and O–H groups in total. The van der Waals surface area contributed by atoms with Crippen molar-refractivity contribution in [3.63, 3.8) is 0 Å². The molecule has 150 valence electrons. The zero-order chi connectivity index (χ0) is 20.2. The van der Waals surface area contributed by atoms with Crippen molar-refractivity contribution in [1.82, 2.24) is 10.1 Å². The van der Waals surface area contributed by atoms with Crippen molar-refractivity contribution in [2.75, 3.05) is 26.1 Å². The van der Waals surface area contributed by atoms with Gasteiger partial charge in [0, 0.05) is 23.4 Å². The number of benzene rings is 2. The van der Waals surface area contributed by atoms with Crippen molar-refractivity contribution in [2.45, 2.75) is 18.9 Å². The molecule has 4 rings (SSSR count). The summed E-state index contributed by atoms with van der Waals surface area (Å²) < 4.78 is 21.4. The molecule has 1 aromatic heterocycles. The van der Waals surface area contributed by atoms with E-state index >= 15 is 0 Å². The highest BCUT2D eigenvalue weighted by atomic mass is 16.5. The molecular formula is C21H21N3O5. The number of carbonyl (C=O) groups excluding carboxylic acids is 1. The van der Waals surface area contributed by atoms with Gasteiger partial charge >= 0.3 is 0 Å². The Kier molecular flexibility index (Phi) is 5.44. The molecule has 1 aliphatic rings. The van der Waals surface area contributed by atoms with Crippen LogP contribution in [-0.4, -0.2) is 43.0 Å². The zero-order valence-corrected chi connectivity index (χ0v) is 16.2. The Morgan fingerprint density at radius 3 is 2.52 bits per heavy atom. The van der Waals surface area contributed by atoms with Gasteiger partial charge in [0.2, 0.25) is 5.82 Å². The van der Waals surface area contributed by atoms with E-state index in [-0.39, 0.29) is 12.0 Å². The van der Waals surface area contributed by atoms with Gasteiger partial charge in [0.05, 0.1) is 14.2 Å². The molecule has 3 aromatic rings. The Bertz CT molecular complexity index is 994. The maximum atomic E-state index is 12.1. The molecule has 8 heteroatoms. The number of amides is 1. The summed E-state index contributed by atoms with van der Waals surface area (Å²) in [6, 6.07) is 12.6. The van der Waals surface area contributed by atoms with Gasteiger partial charge in [0.15, 0.2) is 11.5 Å². The Morgan fingerprint density at radius 2 is 1.83 bits per heavy atom. The molecule has 0 saturated carbocycles. The molecule has 1 aliphatic heterocycles. The number of ether oxygens (including phenoxy) is 3. The van der Waals surface area contributed by atoms with E-state index in [1.54, 1.807) is 38.5 Å². The average molecular weight is 395 g/mol. The van der Waals surface area contributed by atoms with Crippen LogP contribution in [0, 0.1) is 0 Å². The predicted octanol–water partition coefficient (Wildman–Crippen LogP) is 3.54. The minimum atomic E-state index is -0.366. The van der Waals surface area contributed by atoms with E-state index in [9.17, 15) is 4.79 Å². The van der Waals surface area contributed by atoms with Gasteiger partial charge in [-0.25, -0.2) is 0 Å². The lowest BCUT2D eigenvalue weighted by Crippen LogP contribution is -2.26. The first kappa shape index (κ1) is 18.9. The summed E-state index contributed by atoms with van der Waals surface area (Å²) in [6.45, 7) is 0.636. The first-order chi connectivity index (χ1) is 14.2. The second kappa shape index (κ2) is 8.32. The Morgan fingerprint density at radius 1 is 1.07 bits per heavy atom. The lowest BCUT2D eigenvalue weighted by atomic mass is 10.1. The molecule has 2 heterocycles. The summed E-state index contributed by atoms with van der Waals surface area (Å²) in [4.78, 5) is 16.6. The number of nitrogens with zero attached hydrogens (tertiary/aromatic N) is 2. The van der Waals surface area contributed by atoms with Crippen LogP contribution in [0.4, 0.5) is 5.69 Å². The fraction of sp³-hybridized carbons (Fsp3) is 0.286. The van der Waals surface area contributed by atoms with Crippen molar-refractivity contribution in [1.29, 1.82) is 0 Å². The monoisotopic (exact) mass is 395 g/mol. The van der Waals surface area contributed by atoms with E-state index in [0.717, 1.165) is 24.0 Å².